The van der Waals surface area contributed by atoms with Gasteiger partial charge in [-0.1, -0.05) is 41.5 Å². The van der Waals surface area contributed by atoms with Gasteiger partial charge in [0.05, 0.1) is 63.1 Å². The minimum atomic E-state index is -6.17. The zero-order valence-corrected chi connectivity index (χ0v) is 72.6. The molecule has 0 radical (unpaired) electrons. The predicted octanol–water partition coefficient (Wildman–Crippen LogP) is 18.6. The van der Waals surface area contributed by atoms with Crippen molar-refractivity contribution in [1.29, 1.82) is 0 Å². The summed E-state index contributed by atoms with van der Waals surface area (Å²) in [7, 11) is 0. The summed E-state index contributed by atoms with van der Waals surface area (Å²) < 4.78 is 293. The molecule has 0 amide bonds. The van der Waals surface area contributed by atoms with Crippen molar-refractivity contribution in [3.8, 4) is 0 Å². The highest BCUT2D eigenvalue weighted by Gasteiger charge is 2.79. The highest BCUT2D eigenvalue weighted by atomic mass is 19.4. The van der Waals surface area contributed by atoms with Crippen molar-refractivity contribution in [3.63, 3.8) is 0 Å². The molecule has 1 aliphatic heterocycles. The number of halogens is 20. The van der Waals surface area contributed by atoms with Crippen LogP contribution in [0, 0.1) is 56.2 Å². The Morgan fingerprint density at radius 3 is 1.12 bits per heavy atom. The van der Waals surface area contributed by atoms with Crippen molar-refractivity contribution in [2.45, 2.75) is 366 Å². The van der Waals surface area contributed by atoms with E-state index in [-0.39, 0.29) is 51.8 Å². The van der Waals surface area contributed by atoms with Crippen molar-refractivity contribution in [3.05, 3.63) is 0 Å². The molecular formula is C78H124F20O21. The molecule has 2 saturated carbocycles. The number of aliphatic hydroxyl groups is 3. The van der Waals surface area contributed by atoms with Gasteiger partial charge in [0, 0.05) is 31.1 Å². The van der Waals surface area contributed by atoms with Gasteiger partial charge in [0.2, 0.25) is 0 Å². The summed E-state index contributed by atoms with van der Waals surface area (Å²) in [6, 6.07) is 0. The highest BCUT2D eigenvalue weighted by Crippen LogP contribution is 2.60. The van der Waals surface area contributed by atoms with Crippen LogP contribution >= 0.6 is 0 Å². The molecule has 119 heavy (non-hydrogen) atoms. The molecule has 9 unspecified atom stereocenters. The van der Waals surface area contributed by atoms with Gasteiger partial charge in [0.25, 0.3) is 5.60 Å². The number of alkyl halides is 20. The lowest BCUT2D eigenvalue weighted by Gasteiger charge is -2.43. The molecule has 3 aliphatic rings. The van der Waals surface area contributed by atoms with Crippen LogP contribution in [0.15, 0.2) is 0 Å². The summed E-state index contributed by atoms with van der Waals surface area (Å²) in [6.45, 7) is 39.1. The van der Waals surface area contributed by atoms with Crippen LogP contribution in [-0.4, -0.2) is 191 Å². The first-order chi connectivity index (χ1) is 52.7. The Morgan fingerprint density at radius 2 is 0.790 bits per heavy atom. The molecule has 2 bridgehead atoms. The molecule has 1 heterocycles. The molecule has 3 rings (SSSR count). The fourth-order valence-electron chi connectivity index (χ4n) is 9.60. The lowest BCUT2D eigenvalue weighted by molar-refractivity contribution is -0.407. The van der Waals surface area contributed by atoms with Crippen LogP contribution < -0.4 is 0 Å². The lowest BCUT2D eigenvalue weighted by Crippen LogP contribution is -2.70. The molecule has 0 spiro atoms. The van der Waals surface area contributed by atoms with Gasteiger partial charge in [-0.05, 0) is 203 Å². The van der Waals surface area contributed by atoms with E-state index in [1.54, 1.807) is 111 Å². The molecule has 1 saturated heterocycles. The fraction of sp³-hybridized carbons (Fsp3) is 0.885. The zero-order valence-electron chi connectivity index (χ0n) is 72.6. The van der Waals surface area contributed by atoms with Crippen molar-refractivity contribution in [1.82, 2.24) is 0 Å². The van der Waals surface area contributed by atoms with Crippen LogP contribution in [-0.2, 0) is 85.8 Å². The van der Waals surface area contributed by atoms with Crippen LogP contribution in [0.5, 0.6) is 0 Å². The molecule has 41 heteroatoms. The van der Waals surface area contributed by atoms with E-state index in [2.05, 4.69) is 14.2 Å². The molecule has 0 aromatic rings. The van der Waals surface area contributed by atoms with Crippen molar-refractivity contribution < 1.29 is 189 Å². The number of carbonyl (C=O) groups is 9. The standard InChI is InChI=1S/C18H23F3O6.C14H20F6O5.C12H21F3O3.C12H24O3.2C11H18F4O2/c1-5-17(3,4)16(24)27-13-9-6-8-11(15(23)26-12(8)13)10(9)14(22)25-7(2)18(19,20)21;1-6-10(2,3)9(22)24-7-8(21)25-11(4,5)12(23,13(15,16)17)14(18,19)20;1-6-10(3,4)9(16)18-8(2)7-11(5,17)12(13,14)15;1-8-10(2,3)9(13)15-12(6,7)11(4,5)14;2*1-4-10(2,3)9(16)17-7-5-6-11(14,15)8(12)13/h7-13H,5-6H2,1-4H3;23H,6-7H2,1-5H3;8,17H,6-7H2,1-5H3;14H,8H2,1-7H3;2*8H,4-7H2,1-3H3. The maximum Gasteiger partial charge on any atom is 0.430 e. The van der Waals surface area contributed by atoms with E-state index in [1.807, 2.05) is 27.7 Å². The molecule has 3 fully saturated rings. The molecule has 0 aromatic carbocycles. The zero-order chi connectivity index (χ0) is 95.4. The normalized spacial score (nSPS) is 19.3. The third-order valence-corrected chi connectivity index (χ3v) is 21.7. The first-order valence-corrected chi connectivity index (χ1v) is 38.3. The third-order valence-electron chi connectivity index (χ3n) is 21.7. The number of hydrogen-bond acceptors (Lipinski definition) is 21. The Bertz CT molecular complexity index is 3190. The first kappa shape index (κ1) is 117. The molecule has 0 aromatic heterocycles. The van der Waals surface area contributed by atoms with Crippen LogP contribution in [0.2, 0.25) is 0 Å². The number of fused-ring (bicyclic) bond motifs is 1. The van der Waals surface area contributed by atoms with Gasteiger partial charge in [-0.25, -0.2) is 39.9 Å². The first-order valence-electron chi connectivity index (χ1n) is 38.3. The number of carbonyl (C=O) groups excluding carboxylic acids is 9. The quantitative estimate of drug-likeness (QED) is 0.0233. The second kappa shape index (κ2) is 43.8. The molecule has 21 nitrogen and oxygen atoms in total. The molecule has 3 N–H and O–H groups in total. The van der Waals surface area contributed by atoms with E-state index in [0.717, 1.165) is 6.92 Å². The summed E-state index contributed by atoms with van der Waals surface area (Å²) in [5.41, 5.74) is -17.9. The van der Waals surface area contributed by atoms with Crippen molar-refractivity contribution in [2.24, 2.45) is 56.2 Å². The second-order valence-corrected chi connectivity index (χ2v) is 35.0. The predicted molar refractivity (Wildman–Crippen MR) is 388 cm³/mol. The minimum absolute atomic E-state index is 0.254. The van der Waals surface area contributed by atoms with E-state index in [0.29, 0.717) is 51.9 Å². The Hall–Kier alpha value is -6.29. The summed E-state index contributed by atoms with van der Waals surface area (Å²) in [5, 5.41) is 28.4. The van der Waals surface area contributed by atoms with Gasteiger partial charge in [-0.3, -0.25) is 38.4 Å². The van der Waals surface area contributed by atoms with E-state index >= 15 is 0 Å². The van der Waals surface area contributed by atoms with Gasteiger partial charge >= 0.3 is 103 Å². The van der Waals surface area contributed by atoms with Gasteiger partial charge in [0.15, 0.2) is 23.9 Å². The summed E-state index contributed by atoms with van der Waals surface area (Å²) in [6.07, 6.45) is -33.5. The average molecular weight is 1780 g/mol. The second-order valence-electron chi connectivity index (χ2n) is 35.0. The van der Waals surface area contributed by atoms with Crippen LogP contribution in [0.4, 0.5) is 87.8 Å². The maximum absolute atomic E-state index is 12.8. The van der Waals surface area contributed by atoms with E-state index in [9.17, 15) is 146 Å². The van der Waals surface area contributed by atoms with Gasteiger partial charge in [0.1, 0.15) is 23.9 Å². The summed E-state index contributed by atoms with van der Waals surface area (Å²) in [4.78, 5) is 107. The number of rotatable bonds is 34. The molecule has 702 valence electrons. The monoisotopic (exact) mass is 1780 g/mol. The molecular weight excluding hydrogens is 1650 g/mol. The average Bonchev–Trinajstić information content (AvgIpc) is 1.56. The molecule has 2 aliphatic carbocycles. The van der Waals surface area contributed by atoms with Crippen molar-refractivity contribution >= 4 is 53.7 Å². The largest absolute Gasteiger partial charge is 0.465 e. The lowest BCUT2D eigenvalue weighted by atomic mass is 9.78. The van der Waals surface area contributed by atoms with Crippen LogP contribution in [0.1, 0.15) is 264 Å². The number of esters is 9. The fourth-order valence-corrected chi connectivity index (χ4v) is 9.60. The van der Waals surface area contributed by atoms with Crippen LogP contribution in [0.3, 0.4) is 0 Å². The SMILES string of the molecule is CCC(C)(C)C(=O)OC(C)(C)C(C)(C)O.CCC(C)(C)C(=O)OC(C)CC(C)(O)C(F)(F)F.CCC(C)(C)C(=O)OC1C2CC3C1OC(=O)C3C2C(=O)OC(C)C(F)(F)F.CCC(C)(C)C(=O)OCC(=O)OC(C)(C)C(O)(C(F)(F)F)C(F)(F)F.CCC(C)(C)C(=O)OCCCC(F)(F)C(F)F.CCC(C)(C)C(=O)OCCCC(F)(F)C(F)F. The smallest absolute Gasteiger partial charge is 0.430 e. The van der Waals surface area contributed by atoms with E-state index in [4.69, 9.17) is 28.4 Å². The number of ether oxygens (including phenoxy) is 9. The summed E-state index contributed by atoms with van der Waals surface area (Å²) in [5.74, 6) is -17.5. The molecule has 9 atom stereocenters. The Balaban J connectivity index is -0.00000138. The van der Waals surface area contributed by atoms with E-state index in [1.165, 1.54) is 20.8 Å². The van der Waals surface area contributed by atoms with Gasteiger partial charge in [-0.2, -0.15) is 52.7 Å². The van der Waals surface area contributed by atoms with Gasteiger partial charge < -0.3 is 58.0 Å². The maximum atomic E-state index is 12.8. The van der Waals surface area contributed by atoms with E-state index < -0.39 is 226 Å². The Labute approximate surface area is 682 Å². The minimum Gasteiger partial charge on any atom is -0.465 e. The highest BCUT2D eigenvalue weighted by molar-refractivity contribution is 5.87. The van der Waals surface area contributed by atoms with Crippen LogP contribution in [0.25, 0.3) is 0 Å². The Kier molecular flexibility index (Phi) is 43.1. The number of hydrogen-bond donors (Lipinski definition) is 3. The van der Waals surface area contributed by atoms with Gasteiger partial charge in [-0.15, -0.1) is 0 Å². The third kappa shape index (κ3) is 34.1. The Morgan fingerprint density at radius 1 is 0.445 bits per heavy atom. The topological polar surface area (TPSA) is 297 Å². The summed E-state index contributed by atoms with van der Waals surface area (Å²) >= 11 is 0. The van der Waals surface area contributed by atoms with Crippen molar-refractivity contribution in [2.75, 3.05) is 19.8 Å².